The minimum absolute atomic E-state index is 0.106. The fourth-order valence-electron chi connectivity index (χ4n) is 8.06. The summed E-state index contributed by atoms with van der Waals surface area (Å²) in [6.45, 7) is 14.1. The van der Waals surface area contributed by atoms with Gasteiger partial charge in [0.15, 0.2) is 0 Å². The van der Waals surface area contributed by atoms with Gasteiger partial charge in [0.1, 0.15) is 11.8 Å². The number of aromatic nitrogens is 2. The van der Waals surface area contributed by atoms with Crippen LogP contribution in [0, 0.1) is 23.2 Å². The number of H-pyrrole nitrogens is 2. The third-order valence-corrected chi connectivity index (χ3v) is 11.2. The average Bonchev–Trinajstić information content (AvgIpc) is 3.38. The number of benzene rings is 2. The molecule has 3 aliphatic rings. The Morgan fingerprint density at radius 2 is 1.65 bits per heavy atom. The molecule has 51 heavy (non-hydrogen) atoms. The standard InChI is InChI=1S/C22H30O3.C12H17NO2.C7H10N2O2/c1-13(2)21(24)25-15-5-7-16-14(12-15)4-6-18-17(16)10-11-22(3)19(18)8-9-20(22)23;1-8(2)10-5-3-9(4-6-10)7-11(13)12(14)15;1-4(2)5-3-8-7(11)9-6(5)10/h5,7,12-13,17-20,23H,4,6,8-11H2,1-3H3;3-6,8,11H,7,13H2,1-2H3,(H,14,15);3-4H,1-2H3,(H2,8,9,10,11)/t17-,18-,19+,20+,22+;11-;/m01./s1. The summed E-state index contributed by atoms with van der Waals surface area (Å²) in [5.41, 5.74) is 10.5. The fraction of sp³-hybridized carbons (Fsp3) is 0.561. The number of aliphatic carboxylic acids is 1. The Morgan fingerprint density at radius 3 is 2.24 bits per heavy atom. The molecule has 6 rings (SSSR count). The van der Waals surface area contributed by atoms with Gasteiger partial charge in [0, 0.05) is 11.8 Å². The largest absolute Gasteiger partial charge is 0.480 e. The topological polar surface area (TPSA) is 176 Å². The Balaban J connectivity index is 0.000000191. The van der Waals surface area contributed by atoms with E-state index in [2.05, 4.69) is 42.9 Å². The average molecular weight is 704 g/mol. The molecule has 2 saturated carbocycles. The number of nitrogens with two attached hydrogens (primary N) is 1. The second kappa shape index (κ2) is 17.0. The fourth-order valence-corrected chi connectivity index (χ4v) is 8.06. The summed E-state index contributed by atoms with van der Waals surface area (Å²) in [5.74, 6) is 2.06. The third kappa shape index (κ3) is 9.65. The number of hydrogen-bond donors (Lipinski definition) is 5. The van der Waals surface area contributed by atoms with E-state index in [-0.39, 0.29) is 34.9 Å². The summed E-state index contributed by atoms with van der Waals surface area (Å²) in [6, 6.07) is 13.4. The Morgan fingerprint density at radius 1 is 0.961 bits per heavy atom. The lowest BCUT2D eigenvalue weighted by molar-refractivity contribution is -0.139. The minimum Gasteiger partial charge on any atom is -0.480 e. The molecule has 10 nitrogen and oxygen atoms in total. The molecular weight excluding hydrogens is 646 g/mol. The van der Waals surface area contributed by atoms with Crippen LogP contribution in [0.3, 0.4) is 0 Å². The van der Waals surface area contributed by atoms with Gasteiger partial charge < -0.3 is 25.7 Å². The van der Waals surface area contributed by atoms with Crippen LogP contribution >= 0.6 is 0 Å². The number of aliphatic hydroxyl groups is 1. The van der Waals surface area contributed by atoms with Crippen LogP contribution < -0.4 is 21.7 Å². The maximum Gasteiger partial charge on any atom is 0.325 e. The number of aromatic amines is 2. The van der Waals surface area contributed by atoms with Crippen molar-refractivity contribution in [2.45, 2.75) is 123 Å². The van der Waals surface area contributed by atoms with Crippen molar-refractivity contribution >= 4 is 11.9 Å². The third-order valence-electron chi connectivity index (χ3n) is 11.2. The van der Waals surface area contributed by atoms with Crippen molar-refractivity contribution in [3.63, 3.8) is 0 Å². The number of carboxylic acid groups (broad SMARTS) is 1. The van der Waals surface area contributed by atoms with Crippen LogP contribution in [-0.4, -0.2) is 44.3 Å². The summed E-state index contributed by atoms with van der Waals surface area (Å²) in [6.07, 6.45) is 8.44. The number of fused-ring (bicyclic) bond motifs is 5. The van der Waals surface area contributed by atoms with E-state index < -0.39 is 17.7 Å². The highest BCUT2D eigenvalue weighted by Crippen LogP contribution is 2.60. The number of carbonyl (C=O) groups is 2. The maximum absolute atomic E-state index is 11.9. The first-order valence-corrected chi connectivity index (χ1v) is 18.4. The summed E-state index contributed by atoms with van der Waals surface area (Å²) < 4.78 is 5.51. The minimum atomic E-state index is -0.956. The van der Waals surface area contributed by atoms with Crippen LogP contribution in [0.1, 0.15) is 126 Å². The van der Waals surface area contributed by atoms with Gasteiger partial charge in [-0.05, 0) is 114 Å². The van der Waals surface area contributed by atoms with Gasteiger partial charge in [-0.1, -0.05) is 78.8 Å². The molecule has 3 aliphatic carbocycles. The molecule has 0 aliphatic heterocycles. The number of rotatable bonds is 7. The van der Waals surface area contributed by atoms with E-state index in [1.54, 1.807) is 0 Å². The van der Waals surface area contributed by atoms with E-state index in [1.807, 2.05) is 58.0 Å². The molecule has 10 heteroatoms. The summed E-state index contributed by atoms with van der Waals surface area (Å²) >= 11 is 0. The van der Waals surface area contributed by atoms with Crippen molar-refractivity contribution in [2.75, 3.05) is 0 Å². The Labute approximate surface area is 301 Å². The molecule has 0 bridgehead atoms. The summed E-state index contributed by atoms with van der Waals surface area (Å²) in [5, 5.41) is 19.1. The number of hydrogen-bond acceptors (Lipinski definition) is 7. The first kappa shape index (κ1) is 39.8. The second-order valence-electron chi connectivity index (χ2n) is 15.7. The zero-order chi connectivity index (χ0) is 37.6. The number of aliphatic hydroxyl groups excluding tert-OH is 1. The lowest BCUT2D eigenvalue weighted by atomic mass is 9.55. The molecule has 0 radical (unpaired) electrons. The maximum atomic E-state index is 11.9. The molecule has 2 aromatic carbocycles. The van der Waals surface area contributed by atoms with Gasteiger partial charge in [0.25, 0.3) is 5.56 Å². The number of carbonyl (C=O) groups excluding carboxylic acids is 1. The zero-order valence-corrected chi connectivity index (χ0v) is 31.2. The molecule has 1 aromatic heterocycles. The number of esters is 1. The van der Waals surface area contributed by atoms with Crippen molar-refractivity contribution in [3.05, 3.63) is 97.3 Å². The van der Waals surface area contributed by atoms with Gasteiger partial charge in [-0.15, -0.1) is 0 Å². The van der Waals surface area contributed by atoms with E-state index in [1.165, 1.54) is 42.1 Å². The molecule has 278 valence electrons. The van der Waals surface area contributed by atoms with Crippen molar-refractivity contribution < 1.29 is 24.5 Å². The van der Waals surface area contributed by atoms with E-state index >= 15 is 0 Å². The monoisotopic (exact) mass is 703 g/mol. The molecule has 6 atom stereocenters. The molecule has 1 heterocycles. The van der Waals surface area contributed by atoms with Gasteiger partial charge in [0.05, 0.1) is 12.0 Å². The second-order valence-corrected chi connectivity index (χ2v) is 15.7. The van der Waals surface area contributed by atoms with E-state index in [0.29, 0.717) is 41.4 Å². The molecule has 2 fully saturated rings. The summed E-state index contributed by atoms with van der Waals surface area (Å²) in [7, 11) is 0. The highest BCUT2D eigenvalue weighted by Gasteiger charge is 2.54. The van der Waals surface area contributed by atoms with Gasteiger partial charge >= 0.3 is 17.6 Å². The van der Waals surface area contributed by atoms with Crippen molar-refractivity contribution in [1.82, 2.24) is 9.97 Å². The molecular formula is C41H57N3O7. The van der Waals surface area contributed by atoms with Crippen LogP contribution in [0.15, 0.2) is 58.3 Å². The van der Waals surface area contributed by atoms with E-state index in [0.717, 1.165) is 24.8 Å². The normalized spacial score (nSPS) is 23.9. The van der Waals surface area contributed by atoms with Crippen LogP contribution in [0.5, 0.6) is 5.75 Å². The molecule has 0 amide bonds. The molecule has 0 spiro atoms. The first-order valence-electron chi connectivity index (χ1n) is 18.4. The smallest absolute Gasteiger partial charge is 0.325 e. The Hall–Kier alpha value is -4.02. The molecule has 0 unspecified atom stereocenters. The number of nitrogens with one attached hydrogen (secondary N) is 2. The molecule has 3 aromatic rings. The Bertz CT molecular complexity index is 1760. The zero-order valence-electron chi connectivity index (χ0n) is 31.2. The van der Waals surface area contributed by atoms with Crippen molar-refractivity contribution in [3.8, 4) is 5.75 Å². The quantitative estimate of drug-likeness (QED) is 0.138. The number of aryl methyl sites for hydroxylation is 1. The van der Waals surface area contributed by atoms with Crippen LogP contribution in [0.25, 0.3) is 0 Å². The SMILES string of the molecule is CC(C)C(=O)Oc1ccc2c(c1)CC[C@@H]1[C@H]3CC[C@@H](O)[C@]3(C)CC[C@@H]21.CC(C)c1c[nH]c(=O)[nH]c1=O.CC(C)c1ccc(C[C@@H](N)C(=O)O)cc1. The predicted octanol–water partition coefficient (Wildman–Crippen LogP) is 6.42. The Kier molecular flexibility index (Phi) is 13.3. The first-order chi connectivity index (χ1) is 24.0. The lowest BCUT2D eigenvalue weighted by Crippen LogP contribution is -2.43. The summed E-state index contributed by atoms with van der Waals surface area (Å²) in [4.78, 5) is 48.5. The van der Waals surface area contributed by atoms with Gasteiger partial charge in [-0.3, -0.25) is 19.4 Å². The van der Waals surface area contributed by atoms with Crippen LogP contribution in [0.2, 0.25) is 0 Å². The highest BCUT2D eigenvalue weighted by molar-refractivity contribution is 5.74. The van der Waals surface area contributed by atoms with E-state index in [9.17, 15) is 24.3 Å². The van der Waals surface area contributed by atoms with Crippen molar-refractivity contribution in [2.24, 2.45) is 28.9 Å². The van der Waals surface area contributed by atoms with E-state index in [4.69, 9.17) is 15.6 Å². The van der Waals surface area contributed by atoms with Crippen LogP contribution in [-0.2, 0) is 22.4 Å². The highest BCUT2D eigenvalue weighted by atomic mass is 16.5. The van der Waals surface area contributed by atoms with Gasteiger partial charge in [-0.2, -0.15) is 0 Å². The predicted molar refractivity (Wildman–Crippen MR) is 199 cm³/mol. The van der Waals surface area contributed by atoms with Gasteiger partial charge in [0.2, 0.25) is 0 Å². The lowest BCUT2D eigenvalue weighted by Gasteiger charge is -2.50. The van der Waals surface area contributed by atoms with Crippen LogP contribution in [0.4, 0.5) is 0 Å². The van der Waals surface area contributed by atoms with Gasteiger partial charge in [-0.25, -0.2) is 4.79 Å². The molecule has 6 N–H and O–H groups in total. The number of carboxylic acids is 1. The molecule has 0 saturated heterocycles. The van der Waals surface area contributed by atoms with Crippen molar-refractivity contribution in [1.29, 1.82) is 0 Å². The number of ether oxygens (including phenoxy) is 1.